The van der Waals surface area contributed by atoms with Crippen molar-refractivity contribution in [2.75, 3.05) is 24.3 Å². The molecule has 0 saturated heterocycles. The minimum absolute atomic E-state index is 1.01. The van der Waals surface area contributed by atoms with Crippen LogP contribution in [0.15, 0.2) is 93.1 Å². The molecule has 3 rings (SSSR count). The van der Waals surface area contributed by atoms with Gasteiger partial charge in [-0.3, -0.25) is 0 Å². The second-order valence-electron chi connectivity index (χ2n) is 5.31. The fourth-order valence-corrected chi connectivity index (χ4v) is 4.36. The van der Waals surface area contributed by atoms with Crippen LogP contribution in [0.4, 0.5) is 11.4 Å². The molecule has 0 atom stereocenters. The molecule has 1 aliphatic heterocycles. The first-order chi connectivity index (χ1) is 11.7. The molecule has 2 aromatic carbocycles. The Bertz CT molecular complexity index is 809. The smallest absolute Gasteiger partial charge is 0.0798 e. The van der Waals surface area contributed by atoms with E-state index in [1.807, 2.05) is 19.2 Å². The molecule has 0 fully saturated rings. The van der Waals surface area contributed by atoms with Crippen molar-refractivity contribution in [1.29, 1.82) is 0 Å². The third-order valence-corrected chi connectivity index (χ3v) is 5.85. The predicted octanol–water partition coefficient (Wildman–Crippen LogP) is 5.97. The van der Waals surface area contributed by atoms with Gasteiger partial charge in [0.25, 0.3) is 0 Å². The number of hydrogen-bond donors (Lipinski definition) is 1. The summed E-state index contributed by atoms with van der Waals surface area (Å²) in [6.07, 6.45) is 6.27. The Labute approximate surface area is 152 Å². The van der Waals surface area contributed by atoms with E-state index in [4.69, 9.17) is 0 Å². The van der Waals surface area contributed by atoms with Crippen molar-refractivity contribution < 1.29 is 0 Å². The van der Waals surface area contributed by atoms with Gasteiger partial charge in [0.2, 0.25) is 0 Å². The van der Waals surface area contributed by atoms with Crippen LogP contribution < -0.4 is 10.2 Å². The highest BCUT2D eigenvalue weighted by molar-refractivity contribution is 8.03. The van der Waals surface area contributed by atoms with Crippen molar-refractivity contribution in [3.05, 3.63) is 83.3 Å². The molecule has 0 amide bonds. The largest absolute Gasteiger partial charge is 0.387 e. The summed E-state index contributed by atoms with van der Waals surface area (Å²) in [6.45, 7) is 4.15. The molecular formula is C20H20N2S2. The molecule has 2 nitrogen and oxygen atoms in total. The third kappa shape index (κ3) is 3.71. The minimum atomic E-state index is 1.01. The number of nitrogens with zero attached hydrogens (tertiary/aromatic N) is 1. The summed E-state index contributed by atoms with van der Waals surface area (Å²) < 4.78 is 0. The number of rotatable bonds is 5. The van der Waals surface area contributed by atoms with Crippen molar-refractivity contribution in [1.82, 2.24) is 0 Å². The Balaban J connectivity index is 1.65. The number of para-hydroxylation sites is 2. The van der Waals surface area contributed by atoms with Crippen molar-refractivity contribution in [2.24, 2.45) is 0 Å². The summed E-state index contributed by atoms with van der Waals surface area (Å²) in [5, 5.41) is 4.43. The molecule has 1 N–H and O–H groups in total. The van der Waals surface area contributed by atoms with Gasteiger partial charge in [0, 0.05) is 34.5 Å². The van der Waals surface area contributed by atoms with Crippen molar-refractivity contribution in [3.8, 4) is 0 Å². The Hall–Kier alpha value is -2.04. The molecule has 1 heterocycles. The molecule has 24 heavy (non-hydrogen) atoms. The molecule has 0 unspecified atom stereocenters. The molecule has 0 radical (unpaired) electrons. The first kappa shape index (κ1) is 16.8. The number of anilines is 2. The predicted molar refractivity (Wildman–Crippen MR) is 109 cm³/mol. The van der Waals surface area contributed by atoms with Crippen molar-refractivity contribution >= 4 is 34.9 Å². The van der Waals surface area contributed by atoms with Crippen LogP contribution in [0, 0.1) is 0 Å². The minimum Gasteiger partial charge on any atom is -0.387 e. The fraction of sp³-hybridized carbons (Fsp3) is 0.100. The zero-order valence-electron chi connectivity index (χ0n) is 13.8. The molecule has 122 valence electrons. The summed E-state index contributed by atoms with van der Waals surface area (Å²) in [6, 6.07) is 16.7. The maximum atomic E-state index is 4.15. The maximum Gasteiger partial charge on any atom is 0.0798 e. The highest BCUT2D eigenvalue weighted by atomic mass is 32.2. The van der Waals surface area contributed by atoms with Gasteiger partial charge in [0.1, 0.15) is 0 Å². The van der Waals surface area contributed by atoms with Gasteiger partial charge in [0.05, 0.1) is 10.7 Å². The number of thioether (sulfide) groups is 2. The van der Waals surface area contributed by atoms with Gasteiger partial charge in [-0.15, -0.1) is 0 Å². The molecule has 0 aromatic heterocycles. The highest BCUT2D eigenvalue weighted by Gasteiger charge is 2.20. The molecule has 0 saturated carbocycles. The molecular weight excluding hydrogens is 332 g/mol. The second-order valence-corrected chi connectivity index (χ2v) is 7.54. The fourth-order valence-electron chi connectivity index (χ4n) is 2.44. The van der Waals surface area contributed by atoms with Gasteiger partial charge in [-0.25, -0.2) is 0 Å². The molecule has 0 bridgehead atoms. The van der Waals surface area contributed by atoms with Gasteiger partial charge >= 0.3 is 0 Å². The maximum absolute atomic E-state index is 4.15. The van der Waals surface area contributed by atoms with E-state index in [1.54, 1.807) is 23.5 Å². The van der Waals surface area contributed by atoms with Crippen LogP contribution in [0.3, 0.4) is 0 Å². The van der Waals surface area contributed by atoms with Crippen LogP contribution in [0.2, 0.25) is 0 Å². The standard InChI is InChI=1S/C20H20N2S2/c1-15(23-18-12-6-4-10-16(18)21-2)9-8-14-20-22(3)17-11-5-7-13-19(17)24-20/h4-14,21H,1H2,2-3H3/b9-8+,20-14+. The number of fused-ring (bicyclic) bond motifs is 1. The quantitative estimate of drug-likeness (QED) is 0.526. The number of hydrogen-bond acceptors (Lipinski definition) is 4. The molecule has 0 aliphatic carbocycles. The Kier molecular flexibility index (Phi) is 5.38. The van der Waals surface area contributed by atoms with Crippen molar-refractivity contribution in [2.45, 2.75) is 9.79 Å². The SMILES string of the molecule is C=C(/C=C/C=C1/Sc2ccccc2N1C)Sc1ccccc1NC. The lowest BCUT2D eigenvalue weighted by molar-refractivity contribution is 1.17. The van der Waals surface area contributed by atoms with E-state index in [9.17, 15) is 0 Å². The van der Waals surface area contributed by atoms with Crippen LogP contribution in [-0.4, -0.2) is 14.1 Å². The summed E-state index contributed by atoms with van der Waals surface area (Å²) in [5.41, 5.74) is 2.38. The number of allylic oxidation sites excluding steroid dienone is 3. The monoisotopic (exact) mass is 352 g/mol. The van der Waals surface area contributed by atoms with E-state index in [0.717, 1.165) is 10.6 Å². The van der Waals surface area contributed by atoms with Crippen LogP contribution in [0.5, 0.6) is 0 Å². The van der Waals surface area contributed by atoms with Crippen LogP contribution in [-0.2, 0) is 0 Å². The van der Waals surface area contributed by atoms with Gasteiger partial charge in [-0.1, -0.05) is 60.4 Å². The van der Waals surface area contributed by atoms with Crippen LogP contribution >= 0.6 is 23.5 Å². The highest BCUT2D eigenvalue weighted by Crippen LogP contribution is 2.44. The Morgan fingerprint density at radius 3 is 2.71 bits per heavy atom. The van der Waals surface area contributed by atoms with E-state index in [-0.39, 0.29) is 0 Å². The Morgan fingerprint density at radius 2 is 1.92 bits per heavy atom. The Morgan fingerprint density at radius 1 is 1.17 bits per heavy atom. The average Bonchev–Trinajstić information content (AvgIpc) is 2.92. The summed E-state index contributed by atoms with van der Waals surface area (Å²) >= 11 is 3.47. The van der Waals surface area contributed by atoms with Gasteiger partial charge < -0.3 is 10.2 Å². The normalized spacial score (nSPS) is 15.1. The molecule has 4 heteroatoms. The second kappa shape index (κ2) is 7.69. The summed E-state index contributed by atoms with van der Waals surface area (Å²) in [5.74, 6) is 0. The lowest BCUT2D eigenvalue weighted by Crippen LogP contribution is -2.08. The van der Waals surface area contributed by atoms with E-state index in [0.29, 0.717) is 0 Å². The third-order valence-electron chi connectivity index (χ3n) is 3.69. The van der Waals surface area contributed by atoms with E-state index in [2.05, 4.69) is 78.5 Å². The lowest BCUT2D eigenvalue weighted by Gasteiger charge is -2.12. The first-order valence-electron chi connectivity index (χ1n) is 7.71. The van der Waals surface area contributed by atoms with E-state index in [1.165, 1.54) is 20.5 Å². The number of nitrogens with one attached hydrogen (secondary N) is 1. The van der Waals surface area contributed by atoms with E-state index >= 15 is 0 Å². The zero-order chi connectivity index (χ0) is 16.9. The molecule has 1 aliphatic rings. The topological polar surface area (TPSA) is 15.3 Å². The van der Waals surface area contributed by atoms with E-state index < -0.39 is 0 Å². The van der Waals surface area contributed by atoms with Crippen LogP contribution in [0.25, 0.3) is 0 Å². The van der Waals surface area contributed by atoms with Crippen LogP contribution in [0.1, 0.15) is 0 Å². The van der Waals surface area contributed by atoms with Gasteiger partial charge in [-0.2, -0.15) is 0 Å². The molecule has 0 spiro atoms. The zero-order valence-corrected chi connectivity index (χ0v) is 15.5. The first-order valence-corrected chi connectivity index (χ1v) is 9.35. The van der Waals surface area contributed by atoms with Gasteiger partial charge in [-0.05, 0) is 36.4 Å². The summed E-state index contributed by atoms with van der Waals surface area (Å²) in [4.78, 5) is 5.71. The number of benzene rings is 2. The summed E-state index contributed by atoms with van der Waals surface area (Å²) in [7, 11) is 4.04. The average molecular weight is 353 g/mol. The lowest BCUT2D eigenvalue weighted by atomic mass is 10.3. The van der Waals surface area contributed by atoms with Gasteiger partial charge in [0.15, 0.2) is 0 Å². The van der Waals surface area contributed by atoms with Crippen molar-refractivity contribution in [3.63, 3.8) is 0 Å². The molecule has 2 aromatic rings.